The van der Waals surface area contributed by atoms with Crippen LogP contribution in [0.15, 0.2) is 59.4 Å². The zero-order chi connectivity index (χ0) is 20.4. The van der Waals surface area contributed by atoms with Crippen molar-refractivity contribution < 1.29 is 9.59 Å². The van der Waals surface area contributed by atoms with Crippen molar-refractivity contribution in [2.45, 2.75) is 39.5 Å². The fourth-order valence-corrected chi connectivity index (χ4v) is 3.17. The number of benzene rings is 2. The minimum Gasteiger partial charge on any atom is -0.273 e. The van der Waals surface area contributed by atoms with Crippen molar-refractivity contribution in [2.75, 3.05) is 5.01 Å². The van der Waals surface area contributed by atoms with Crippen LogP contribution in [0, 0.1) is 0 Å². The largest absolute Gasteiger partial charge is 0.280 e. The molecule has 0 saturated heterocycles. The fraction of sp³-hybridized carbons (Fsp3) is 0.273. The highest BCUT2D eigenvalue weighted by atomic mass is 16.2. The average molecular weight is 377 g/mol. The van der Waals surface area contributed by atoms with Gasteiger partial charge in [-0.3, -0.25) is 14.4 Å². The smallest absolute Gasteiger partial charge is 0.273 e. The molecule has 144 valence electrons. The Bertz CT molecular complexity index is 1090. The summed E-state index contributed by atoms with van der Waals surface area (Å²) < 4.78 is 1.14. The second-order valence-corrected chi connectivity index (χ2v) is 7.06. The number of hydrogen-bond acceptors (Lipinski definition) is 4. The van der Waals surface area contributed by atoms with Gasteiger partial charge in [0.1, 0.15) is 5.82 Å². The maximum atomic E-state index is 13.3. The van der Waals surface area contributed by atoms with Gasteiger partial charge in [-0.15, -0.1) is 0 Å². The van der Waals surface area contributed by atoms with Gasteiger partial charge in [0.25, 0.3) is 11.5 Å². The van der Waals surface area contributed by atoms with E-state index in [0.717, 1.165) is 15.2 Å². The minimum absolute atomic E-state index is 0.168. The molecule has 2 aromatic carbocycles. The number of fused-ring (bicyclic) bond motifs is 1. The van der Waals surface area contributed by atoms with Crippen LogP contribution in [0.2, 0.25) is 0 Å². The molecule has 0 spiro atoms. The van der Waals surface area contributed by atoms with E-state index in [4.69, 9.17) is 0 Å². The molecule has 0 saturated carbocycles. The lowest BCUT2D eigenvalue weighted by molar-refractivity contribution is -0.128. The summed E-state index contributed by atoms with van der Waals surface area (Å²) in [5.74, 6) is -1.40. The van der Waals surface area contributed by atoms with E-state index >= 15 is 0 Å². The molecule has 0 fully saturated rings. The molecule has 1 atom stereocenters. The molecule has 6 heteroatoms. The third-order valence-corrected chi connectivity index (χ3v) is 4.67. The van der Waals surface area contributed by atoms with Crippen molar-refractivity contribution in [3.63, 3.8) is 0 Å². The number of hydrogen-bond donors (Lipinski definition) is 0. The van der Waals surface area contributed by atoms with Crippen molar-refractivity contribution in [3.8, 4) is 0 Å². The van der Waals surface area contributed by atoms with Gasteiger partial charge in [-0.2, -0.15) is 9.69 Å². The van der Waals surface area contributed by atoms with Crippen molar-refractivity contribution in [1.29, 1.82) is 0 Å². The number of nitrogens with zero attached hydrogens (tertiary/aromatic N) is 3. The van der Waals surface area contributed by atoms with E-state index in [1.54, 1.807) is 31.2 Å². The van der Waals surface area contributed by atoms with Crippen LogP contribution < -0.4 is 10.6 Å². The summed E-state index contributed by atoms with van der Waals surface area (Å²) in [5, 5.41) is 1.28. The molecular formula is C22H23N3O3. The summed E-state index contributed by atoms with van der Waals surface area (Å²) in [7, 11) is 0. The second kappa shape index (κ2) is 7.76. The molecule has 1 aromatic heterocycles. The molecule has 0 bridgehead atoms. The summed E-state index contributed by atoms with van der Waals surface area (Å²) in [6.07, 6.45) is 0. The zero-order valence-electron chi connectivity index (χ0n) is 16.4. The zero-order valence-corrected chi connectivity index (χ0v) is 16.4. The molecule has 1 heterocycles. The van der Waals surface area contributed by atoms with Crippen LogP contribution in [0.25, 0.3) is 10.9 Å². The predicted octanol–water partition coefficient (Wildman–Crippen LogP) is 3.33. The van der Waals surface area contributed by atoms with Crippen LogP contribution in [-0.2, 0) is 9.59 Å². The van der Waals surface area contributed by atoms with E-state index in [9.17, 15) is 14.4 Å². The highest BCUT2D eigenvalue weighted by molar-refractivity contribution is 6.10. The predicted molar refractivity (Wildman–Crippen MR) is 109 cm³/mol. The van der Waals surface area contributed by atoms with Crippen molar-refractivity contribution >= 4 is 22.7 Å². The van der Waals surface area contributed by atoms with Crippen LogP contribution in [0.1, 0.15) is 50.9 Å². The molecule has 28 heavy (non-hydrogen) atoms. The van der Waals surface area contributed by atoms with Crippen LogP contribution in [-0.4, -0.2) is 21.5 Å². The molecular weight excluding hydrogens is 354 g/mol. The molecule has 0 aliphatic heterocycles. The van der Waals surface area contributed by atoms with Crippen LogP contribution in [0.4, 0.5) is 0 Å². The first-order valence-corrected chi connectivity index (χ1v) is 9.24. The van der Waals surface area contributed by atoms with E-state index in [2.05, 4.69) is 4.98 Å². The maximum Gasteiger partial charge on any atom is 0.280 e. The molecule has 0 aliphatic rings. The Morgan fingerprint density at radius 1 is 0.964 bits per heavy atom. The third kappa shape index (κ3) is 3.45. The van der Waals surface area contributed by atoms with E-state index in [0.29, 0.717) is 16.7 Å². The van der Waals surface area contributed by atoms with Gasteiger partial charge in [-0.1, -0.05) is 56.3 Å². The Balaban J connectivity index is 2.22. The van der Waals surface area contributed by atoms with Gasteiger partial charge in [-0.05, 0) is 24.6 Å². The average Bonchev–Trinajstić information content (AvgIpc) is 2.69. The van der Waals surface area contributed by atoms with Crippen LogP contribution in [0.3, 0.4) is 0 Å². The number of imide groups is 1. The summed E-state index contributed by atoms with van der Waals surface area (Å²) in [6, 6.07) is 16.1. The SMILES string of the molecule is CC(=O)N(C(=O)C(C)c1ccccc1)n1c(C(C)C)nc2ccccc2c1=O. The molecule has 3 rings (SSSR count). The number of carbonyl (C=O) groups excluding carboxylic acids is 2. The van der Waals surface area contributed by atoms with Gasteiger partial charge in [0.2, 0.25) is 5.91 Å². The molecule has 0 N–H and O–H groups in total. The summed E-state index contributed by atoms with van der Waals surface area (Å²) >= 11 is 0. The van der Waals surface area contributed by atoms with Gasteiger partial charge in [-0.25, -0.2) is 4.98 Å². The molecule has 2 amide bonds. The standard InChI is InChI=1S/C22H23N3O3/c1-14(2)20-23-19-13-9-8-12-18(19)22(28)25(20)24(16(4)26)21(27)15(3)17-10-6-5-7-11-17/h5-15H,1-4H3. The van der Waals surface area contributed by atoms with Crippen molar-refractivity contribution in [2.24, 2.45) is 0 Å². The monoisotopic (exact) mass is 377 g/mol. The lowest BCUT2D eigenvalue weighted by Gasteiger charge is -2.27. The number of carbonyl (C=O) groups is 2. The summed E-state index contributed by atoms with van der Waals surface area (Å²) in [4.78, 5) is 43.6. The molecule has 0 aliphatic carbocycles. The minimum atomic E-state index is -0.594. The summed E-state index contributed by atoms with van der Waals surface area (Å²) in [5.41, 5.74) is 0.879. The molecule has 1 unspecified atom stereocenters. The van der Waals surface area contributed by atoms with E-state index in [1.807, 2.05) is 44.2 Å². The van der Waals surface area contributed by atoms with Crippen LogP contribution >= 0.6 is 0 Å². The van der Waals surface area contributed by atoms with Crippen LogP contribution in [0.5, 0.6) is 0 Å². The Morgan fingerprint density at radius 3 is 2.18 bits per heavy atom. The quantitative estimate of drug-likeness (QED) is 0.699. The van der Waals surface area contributed by atoms with Crippen molar-refractivity contribution in [1.82, 2.24) is 9.66 Å². The molecule has 6 nitrogen and oxygen atoms in total. The molecule has 0 radical (unpaired) electrons. The number of para-hydroxylation sites is 1. The normalized spacial score (nSPS) is 12.2. The highest BCUT2D eigenvalue weighted by Gasteiger charge is 2.30. The van der Waals surface area contributed by atoms with E-state index < -0.39 is 23.3 Å². The lowest BCUT2D eigenvalue weighted by atomic mass is 10.0. The number of rotatable bonds is 4. The first-order valence-electron chi connectivity index (χ1n) is 9.24. The van der Waals surface area contributed by atoms with Gasteiger partial charge < -0.3 is 0 Å². The fourth-order valence-electron chi connectivity index (χ4n) is 3.17. The van der Waals surface area contributed by atoms with Gasteiger partial charge >= 0.3 is 0 Å². The summed E-state index contributed by atoms with van der Waals surface area (Å²) in [6.45, 7) is 6.75. The first kappa shape index (κ1) is 19.5. The van der Waals surface area contributed by atoms with E-state index in [-0.39, 0.29) is 5.92 Å². The van der Waals surface area contributed by atoms with Gasteiger partial charge in [0.05, 0.1) is 16.8 Å². The highest BCUT2D eigenvalue weighted by Crippen LogP contribution is 2.20. The molecule has 3 aromatic rings. The first-order chi connectivity index (χ1) is 13.3. The Hall–Kier alpha value is -3.28. The lowest BCUT2D eigenvalue weighted by Crippen LogP contribution is -2.52. The third-order valence-electron chi connectivity index (χ3n) is 4.67. The number of amides is 2. The Kier molecular flexibility index (Phi) is 5.40. The van der Waals surface area contributed by atoms with Gasteiger partial charge in [0.15, 0.2) is 0 Å². The van der Waals surface area contributed by atoms with Crippen molar-refractivity contribution in [3.05, 3.63) is 76.3 Å². The number of aromatic nitrogens is 2. The topological polar surface area (TPSA) is 72.3 Å². The van der Waals surface area contributed by atoms with Gasteiger partial charge in [0, 0.05) is 12.8 Å². The van der Waals surface area contributed by atoms with E-state index in [1.165, 1.54) is 6.92 Å². The Labute approximate surface area is 163 Å². The maximum absolute atomic E-state index is 13.3. The second-order valence-electron chi connectivity index (χ2n) is 7.06. The Morgan fingerprint density at radius 2 is 1.57 bits per heavy atom.